The SMILES string of the molecule is Cc1cccc(C2=NCCn3cnnc32)c1. The fourth-order valence-corrected chi connectivity index (χ4v) is 1.95. The maximum atomic E-state index is 4.55. The van der Waals surface area contributed by atoms with Crippen molar-refractivity contribution in [3.8, 4) is 0 Å². The van der Waals surface area contributed by atoms with Crippen LogP contribution in [0.1, 0.15) is 17.0 Å². The molecule has 1 aromatic carbocycles. The first-order chi connectivity index (χ1) is 7.84. The topological polar surface area (TPSA) is 43.1 Å². The van der Waals surface area contributed by atoms with Crippen molar-refractivity contribution in [1.29, 1.82) is 0 Å². The van der Waals surface area contributed by atoms with Crippen molar-refractivity contribution >= 4 is 5.71 Å². The fourth-order valence-electron chi connectivity index (χ4n) is 1.95. The van der Waals surface area contributed by atoms with Crippen molar-refractivity contribution < 1.29 is 0 Å². The Labute approximate surface area is 93.7 Å². The van der Waals surface area contributed by atoms with Gasteiger partial charge in [0.1, 0.15) is 12.0 Å². The highest BCUT2D eigenvalue weighted by Crippen LogP contribution is 2.13. The van der Waals surface area contributed by atoms with Gasteiger partial charge in [-0.05, 0) is 13.0 Å². The van der Waals surface area contributed by atoms with Crippen LogP contribution in [0, 0.1) is 6.92 Å². The van der Waals surface area contributed by atoms with E-state index in [1.165, 1.54) is 5.56 Å². The van der Waals surface area contributed by atoms with Gasteiger partial charge in [0, 0.05) is 12.1 Å². The number of aryl methyl sites for hydroxylation is 1. The lowest BCUT2D eigenvalue weighted by Gasteiger charge is -2.13. The summed E-state index contributed by atoms with van der Waals surface area (Å²) in [6, 6.07) is 8.32. The standard InChI is InChI=1S/C12H12N4/c1-9-3-2-4-10(7-9)11-12-15-14-8-16(12)6-5-13-11/h2-4,7-8H,5-6H2,1H3. The van der Waals surface area contributed by atoms with Gasteiger partial charge in [0.05, 0.1) is 6.54 Å². The normalized spacial score (nSPS) is 14.4. The average Bonchev–Trinajstić information content (AvgIpc) is 2.76. The number of hydrogen-bond donors (Lipinski definition) is 0. The summed E-state index contributed by atoms with van der Waals surface area (Å²) >= 11 is 0. The maximum Gasteiger partial charge on any atom is 0.182 e. The van der Waals surface area contributed by atoms with Crippen molar-refractivity contribution in [3.05, 3.63) is 47.5 Å². The highest BCUT2D eigenvalue weighted by molar-refractivity contribution is 6.11. The van der Waals surface area contributed by atoms with Crippen molar-refractivity contribution in [3.63, 3.8) is 0 Å². The summed E-state index contributed by atoms with van der Waals surface area (Å²) < 4.78 is 2.05. The molecule has 4 heteroatoms. The predicted molar refractivity (Wildman–Crippen MR) is 61.7 cm³/mol. The van der Waals surface area contributed by atoms with Crippen LogP contribution in [0.5, 0.6) is 0 Å². The number of benzene rings is 1. The zero-order chi connectivity index (χ0) is 11.0. The van der Waals surface area contributed by atoms with Crippen molar-refractivity contribution in [2.45, 2.75) is 13.5 Å². The number of nitrogens with zero attached hydrogens (tertiary/aromatic N) is 4. The Kier molecular flexibility index (Phi) is 2.06. The zero-order valence-corrected chi connectivity index (χ0v) is 9.09. The van der Waals surface area contributed by atoms with E-state index in [0.29, 0.717) is 0 Å². The van der Waals surface area contributed by atoms with E-state index in [1.54, 1.807) is 6.33 Å². The second-order valence-corrected chi connectivity index (χ2v) is 3.95. The first-order valence-electron chi connectivity index (χ1n) is 5.34. The Morgan fingerprint density at radius 1 is 1.31 bits per heavy atom. The van der Waals surface area contributed by atoms with Crippen LogP contribution in [-0.4, -0.2) is 27.0 Å². The summed E-state index contributed by atoms with van der Waals surface area (Å²) in [5, 5.41) is 8.06. The van der Waals surface area contributed by atoms with Gasteiger partial charge in [0.25, 0.3) is 0 Å². The summed E-state index contributed by atoms with van der Waals surface area (Å²) in [4.78, 5) is 4.55. The number of rotatable bonds is 1. The van der Waals surface area contributed by atoms with Gasteiger partial charge in [0.15, 0.2) is 5.82 Å². The quantitative estimate of drug-likeness (QED) is 0.717. The van der Waals surface area contributed by atoms with E-state index >= 15 is 0 Å². The van der Waals surface area contributed by atoms with E-state index in [4.69, 9.17) is 0 Å². The molecule has 0 N–H and O–H groups in total. The van der Waals surface area contributed by atoms with Crippen LogP contribution < -0.4 is 0 Å². The molecule has 2 aromatic rings. The van der Waals surface area contributed by atoms with Crippen LogP contribution in [-0.2, 0) is 6.54 Å². The van der Waals surface area contributed by atoms with E-state index < -0.39 is 0 Å². The molecule has 2 heterocycles. The number of aromatic nitrogens is 3. The number of aliphatic imine (C=N–C) groups is 1. The molecule has 0 unspecified atom stereocenters. The molecule has 0 saturated carbocycles. The molecule has 0 bridgehead atoms. The third-order valence-corrected chi connectivity index (χ3v) is 2.73. The first-order valence-corrected chi connectivity index (χ1v) is 5.34. The predicted octanol–water partition coefficient (Wildman–Crippen LogP) is 1.44. The van der Waals surface area contributed by atoms with Crippen LogP contribution >= 0.6 is 0 Å². The first kappa shape index (κ1) is 9.27. The summed E-state index contributed by atoms with van der Waals surface area (Å²) in [6.07, 6.45) is 1.76. The molecule has 3 rings (SSSR count). The van der Waals surface area contributed by atoms with E-state index in [-0.39, 0.29) is 0 Å². The Hall–Kier alpha value is -1.97. The molecule has 0 fully saturated rings. The van der Waals surface area contributed by atoms with E-state index in [2.05, 4.69) is 40.3 Å². The molecular weight excluding hydrogens is 200 g/mol. The average molecular weight is 212 g/mol. The van der Waals surface area contributed by atoms with E-state index in [9.17, 15) is 0 Å². The lowest BCUT2D eigenvalue weighted by molar-refractivity contribution is 0.681. The van der Waals surface area contributed by atoms with Gasteiger partial charge in [-0.2, -0.15) is 0 Å². The zero-order valence-electron chi connectivity index (χ0n) is 9.09. The third-order valence-electron chi connectivity index (χ3n) is 2.73. The van der Waals surface area contributed by atoms with Gasteiger partial charge in [0.2, 0.25) is 0 Å². The molecule has 0 amide bonds. The van der Waals surface area contributed by atoms with Crippen LogP contribution in [0.15, 0.2) is 35.6 Å². The molecule has 1 aliphatic heterocycles. The Bertz CT molecular complexity index is 554. The second-order valence-electron chi connectivity index (χ2n) is 3.95. The molecule has 0 aliphatic carbocycles. The summed E-state index contributed by atoms with van der Waals surface area (Å²) in [5.74, 6) is 0.872. The molecule has 80 valence electrons. The van der Waals surface area contributed by atoms with Crippen molar-refractivity contribution in [2.24, 2.45) is 4.99 Å². The molecule has 4 nitrogen and oxygen atoms in total. The largest absolute Gasteiger partial charge is 0.310 e. The highest BCUT2D eigenvalue weighted by atomic mass is 15.3. The Balaban J connectivity index is 2.12. The fraction of sp³-hybridized carbons (Fsp3) is 0.250. The molecule has 1 aliphatic rings. The maximum absolute atomic E-state index is 4.55. The van der Waals surface area contributed by atoms with Gasteiger partial charge in [-0.1, -0.05) is 23.8 Å². The van der Waals surface area contributed by atoms with Crippen LogP contribution in [0.4, 0.5) is 0 Å². The second kappa shape index (κ2) is 3.56. The van der Waals surface area contributed by atoms with Crippen LogP contribution in [0.2, 0.25) is 0 Å². The minimum atomic E-state index is 0.800. The number of hydrogen-bond acceptors (Lipinski definition) is 3. The van der Waals surface area contributed by atoms with E-state index in [0.717, 1.165) is 30.2 Å². The Morgan fingerprint density at radius 3 is 3.12 bits per heavy atom. The lowest BCUT2D eigenvalue weighted by atomic mass is 10.1. The summed E-state index contributed by atoms with van der Waals surface area (Å²) in [7, 11) is 0. The highest BCUT2D eigenvalue weighted by Gasteiger charge is 2.17. The van der Waals surface area contributed by atoms with Gasteiger partial charge in [-0.25, -0.2) is 0 Å². The minimum absolute atomic E-state index is 0.800. The molecule has 1 aromatic heterocycles. The molecule has 0 saturated heterocycles. The lowest BCUT2D eigenvalue weighted by Crippen LogP contribution is -2.19. The van der Waals surface area contributed by atoms with Crippen molar-refractivity contribution in [2.75, 3.05) is 6.54 Å². The summed E-state index contributed by atoms with van der Waals surface area (Å²) in [6.45, 7) is 3.75. The van der Waals surface area contributed by atoms with Gasteiger partial charge >= 0.3 is 0 Å². The van der Waals surface area contributed by atoms with Gasteiger partial charge < -0.3 is 4.57 Å². The molecule has 0 atom stereocenters. The summed E-state index contributed by atoms with van der Waals surface area (Å²) in [5.41, 5.74) is 3.30. The number of fused-ring (bicyclic) bond motifs is 1. The van der Waals surface area contributed by atoms with Gasteiger partial charge in [-0.3, -0.25) is 4.99 Å². The van der Waals surface area contributed by atoms with E-state index in [1.807, 2.05) is 10.6 Å². The Morgan fingerprint density at radius 2 is 2.25 bits per heavy atom. The van der Waals surface area contributed by atoms with Crippen LogP contribution in [0.25, 0.3) is 0 Å². The van der Waals surface area contributed by atoms with Crippen molar-refractivity contribution in [1.82, 2.24) is 14.8 Å². The van der Waals surface area contributed by atoms with Gasteiger partial charge in [-0.15, -0.1) is 10.2 Å². The minimum Gasteiger partial charge on any atom is -0.310 e. The molecule has 0 spiro atoms. The molecular formula is C12H12N4. The van der Waals surface area contributed by atoms with Crippen LogP contribution in [0.3, 0.4) is 0 Å². The third kappa shape index (κ3) is 1.43. The smallest absolute Gasteiger partial charge is 0.182 e. The molecule has 16 heavy (non-hydrogen) atoms. The molecule has 0 radical (unpaired) electrons. The monoisotopic (exact) mass is 212 g/mol.